The lowest BCUT2D eigenvalue weighted by atomic mass is 10.0. The van der Waals surface area contributed by atoms with Gasteiger partial charge in [0.05, 0.1) is 33.8 Å². The van der Waals surface area contributed by atoms with Gasteiger partial charge in [0.25, 0.3) is 0 Å². The summed E-state index contributed by atoms with van der Waals surface area (Å²) < 4.78 is 30.7. The highest BCUT2D eigenvalue weighted by molar-refractivity contribution is 7.47. The van der Waals surface area contributed by atoms with E-state index in [2.05, 4.69) is 172 Å². The molecule has 0 aromatic heterocycles. The number of hydrogen-bond acceptors (Lipinski definition) is 6. The monoisotopic (exact) mass is 1170 g/mol. The Labute approximate surface area is 510 Å². The Morgan fingerprint density at radius 3 is 1.17 bits per heavy atom. The zero-order chi connectivity index (χ0) is 60.7. The number of hydrogen-bond donors (Lipinski definition) is 2. The fourth-order valence-electron chi connectivity index (χ4n) is 8.47. The molecule has 470 valence electrons. The van der Waals surface area contributed by atoms with Crippen molar-refractivity contribution in [1.29, 1.82) is 0 Å². The molecule has 83 heavy (non-hydrogen) atoms. The Kier molecular flexibility index (Phi) is 57.5. The van der Waals surface area contributed by atoms with Crippen LogP contribution in [0.4, 0.5) is 0 Å². The number of quaternary nitrogens is 1. The molecule has 0 rings (SSSR count). The van der Waals surface area contributed by atoms with Crippen LogP contribution in [-0.2, 0) is 27.9 Å². The summed E-state index contributed by atoms with van der Waals surface area (Å²) in [5.41, 5.74) is 0. The lowest BCUT2D eigenvalue weighted by molar-refractivity contribution is -0.870. The Bertz CT molecular complexity index is 1980. The van der Waals surface area contributed by atoms with Crippen molar-refractivity contribution in [3.63, 3.8) is 0 Å². The number of carbonyl (C=O) groups excluding carboxylic acids is 2. The van der Waals surface area contributed by atoms with Crippen molar-refractivity contribution in [3.8, 4) is 0 Å². The van der Waals surface area contributed by atoms with Gasteiger partial charge in [0, 0.05) is 12.8 Å². The van der Waals surface area contributed by atoms with Crippen molar-refractivity contribution in [2.24, 2.45) is 0 Å². The molecule has 0 radical (unpaired) electrons. The summed E-state index contributed by atoms with van der Waals surface area (Å²) in [6.07, 6.45) is 89.6. The fraction of sp³-hybridized carbons (Fsp3) is 0.616. The molecule has 0 aromatic rings. The van der Waals surface area contributed by atoms with Crippen molar-refractivity contribution in [2.75, 3.05) is 40.9 Å². The van der Waals surface area contributed by atoms with Gasteiger partial charge in [-0.3, -0.25) is 18.6 Å². The third kappa shape index (κ3) is 62.0. The number of nitrogens with one attached hydrogen (secondary N) is 1. The zero-order valence-electron chi connectivity index (χ0n) is 53.6. The molecule has 0 aliphatic carbocycles. The van der Waals surface area contributed by atoms with Crippen molar-refractivity contribution in [1.82, 2.24) is 5.32 Å². The number of allylic oxidation sites excluding steroid dienone is 25. The van der Waals surface area contributed by atoms with Crippen LogP contribution in [0.1, 0.15) is 239 Å². The van der Waals surface area contributed by atoms with Crippen LogP contribution in [0.2, 0.25) is 0 Å². The molecular formula is C73H122N2O7P+. The summed E-state index contributed by atoms with van der Waals surface area (Å²) in [5, 5.41) is 3.03. The van der Waals surface area contributed by atoms with Gasteiger partial charge in [-0.15, -0.1) is 0 Å². The van der Waals surface area contributed by atoms with Gasteiger partial charge in [0.1, 0.15) is 19.3 Å². The van der Waals surface area contributed by atoms with E-state index in [1.807, 2.05) is 33.3 Å². The minimum atomic E-state index is -4.48. The first kappa shape index (κ1) is 78.6. The number of phosphoric acid groups is 1. The molecule has 10 heteroatoms. The normalized spacial score (nSPS) is 14.6. The summed E-state index contributed by atoms with van der Waals surface area (Å²) in [7, 11) is 1.43. The maximum atomic E-state index is 13.6. The highest BCUT2D eigenvalue weighted by atomic mass is 31.2. The third-order valence-corrected chi connectivity index (χ3v) is 14.4. The van der Waals surface area contributed by atoms with Crippen molar-refractivity contribution >= 4 is 19.7 Å². The minimum absolute atomic E-state index is 0.0176. The number of likely N-dealkylation sites (N-methyl/N-ethyl adjacent to an activating group) is 1. The summed E-state index contributed by atoms with van der Waals surface area (Å²) in [5.74, 6) is -0.597. The number of rotatable bonds is 57. The summed E-state index contributed by atoms with van der Waals surface area (Å²) in [4.78, 5) is 37.8. The standard InChI is InChI=1S/C73H121N2O7P/c1-7-10-13-16-19-22-25-28-30-32-34-36-37-39-41-43-45-48-51-54-57-60-63-66-73(77)82-71(64-61-58-55-52-49-46-27-24-21-18-15-12-9-3)70(69-81-83(78,79)80-68-67-75(4,5)6)74-72(76)65-62-59-56-53-50-47-44-42-40-38-35-33-31-29-26-23-20-17-14-11-8-2/h10-11,13-14,19-20,22-23,28-31,34-36,38-39,41-42,44-45,48,50,53,61,64,70-71H,7-9,12,15-18,21,24-27,32-33,37,40,43,46-47,49,51-52,54-60,62-63,65-69H2,1-6H3,(H-,74,76,78,79)/p+1/b13-10-,14-11-,22-19-,23-20-,30-28-,31-29-,36-34-,38-35-,41-39-,44-42-,48-45-,53-50-,64-61+. The highest BCUT2D eigenvalue weighted by Gasteiger charge is 2.30. The number of nitrogens with zero attached hydrogens (tertiary/aromatic N) is 1. The van der Waals surface area contributed by atoms with E-state index in [4.69, 9.17) is 13.8 Å². The highest BCUT2D eigenvalue weighted by Crippen LogP contribution is 2.43. The van der Waals surface area contributed by atoms with Crippen LogP contribution in [0.3, 0.4) is 0 Å². The minimum Gasteiger partial charge on any atom is -0.456 e. The second kappa shape index (κ2) is 60.7. The summed E-state index contributed by atoms with van der Waals surface area (Å²) in [6.45, 7) is 6.71. The van der Waals surface area contributed by atoms with Gasteiger partial charge in [-0.2, -0.15) is 0 Å². The van der Waals surface area contributed by atoms with Gasteiger partial charge in [-0.05, 0) is 134 Å². The van der Waals surface area contributed by atoms with Gasteiger partial charge in [0.2, 0.25) is 5.91 Å². The molecule has 0 spiro atoms. The number of carbonyl (C=O) groups is 2. The third-order valence-electron chi connectivity index (χ3n) is 13.5. The predicted octanol–water partition coefficient (Wildman–Crippen LogP) is 20.8. The van der Waals surface area contributed by atoms with Crippen molar-refractivity contribution < 1.29 is 37.3 Å². The van der Waals surface area contributed by atoms with E-state index in [1.165, 1.54) is 57.8 Å². The van der Waals surface area contributed by atoms with Crippen LogP contribution in [0.5, 0.6) is 0 Å². The Balaban J connectivity index is 5.38. The van der Waals surface area contributed by atoms with Crippen LogP contribution in [-0.4, -0.2) is 74.3 Å². The average molecular weight is 1170 g/mol. The SMILES string of the molecule is CC/C=C\C/C=C\C/C=C\C/C=C\C/C=C\C/C=C\CCCCCCC(=O)OC(/C=C/CCCCCCCCCCCCC)C(COP(=O)(O)OCC[N+](C)(C)C)NC(=O)CCCC/C=C\C/C=C\C/C=C\C/C=C\C/C=C\C/C=C\CC. The number of esters is 1. The van der Waals surface area contributed by atoms with Crippen molar-refractivity contribution in [2.45, 2.75) is 251 Å². The molecule has 0 saturated carbocycles. The van der Waals surface area contributed by atoms with E-state index >= 15 is 0 Å². The molecule has 0 aromatic carbocycles. The molecular weight excluding hydrogens is 1050 g/mol. The predicted molar refractivity (Wildman–Crippen MR) is 359 cm³/mol. The number of unbranched alkanes of at least 4 members (excludes halogenated alkanes) is 17. The molecule has 3 atom stereocenters. The van der Waals surface area contributed by atoms with Crippen LogP contribution < -0.4 is 5.32 Å². The van der Waals surface area contributed by atoms with Gasteiger partial charge < -0.3 is 19.4 Å². The molecule has 1 amide bonds. The van der Waals surface area contributed by atoms with E-state index in [0.717, 1.165) is 135 Å². The first-order valence-corrected chi connectivity index (χ1v) is 34.3. The first-order chi connectivity index (χ1) is 40.4. The van der Waals surface area contributed by atoms with Crippen LogP contribution in [0, 0.1) is 0 Å². The smallest absolute Gasteiger partial charge is 0.456 e. The van der Waals surface area contributed by atoms with E-state index in [0.29, 0.717) is 23.9 Å². The average Bonchev–Trinajstić information content (AvgIpc) is 3.47. The second-order valence-corrected chi connectivity index (χ2v) is 24.0. The molecule has 0 bridgehead atoms. The number of phosphoric ester groups is 1. The van der Waals surface area contributed by atoms with Crippen molar-refractivity contribution in [3.05, 3.63) is 158 Å². The first-order valence-electron chi connectivity index (χ1n) is 32.8. The summed E-state index contributed by atoms with van der Waals surface area (Å²) >= 11 is 0. The molecule has 0 aliphatic rings. The Hall–Kier alpha value is -4.37. The number of ether oxygens (including phenoxy) is 1. The summed E-state index contributed by atoms with van der Waals surface area (Å²) in [6, 6.07) is -0.896. The zero-order valence-corrected chi connectivity index (χ0v) is 54.5. The molecule has 3 unspecified atom stereocenters. The van der Waals surface area contributed by atoms with E-state index in [1.54, 1.807) is 0 Å². The van der Waals surface area contributed by atoms with Crippen LogP contribution >= 0.6 is 7.82 Å². The Morgan fingerprint density at radius 2 is 0.771 bits per heavy atom. The number of amides is 1. The lowest BCUT2D eigenvalue weighted by Crippen LogP contribution is -2.47. The fourth-order valence-corrected chi connectivity index (χ4v) is 9.21. The second-order valence-electron chi connectivity index (χ2n) is 22.5. The molecule has 0 saturated heterocycles. The lowest BCUT2D eigenvalue weighted by Gasteiger charge is -2.27. The van der Waals surface area contributed by atoms with Gasteiger partial charge in [-0.25, -0.2) is 4.57 Å². The van der Waals surface area contributed by atoms with Gasteiger partial charge in [0.15, 0.2) is 0 Å². The van der Waals surface area contributed by atoms with Gasteiger partial charge in [-0.1, -0.05) is 250 Å². The molecule has 0 fully saturated rings. The van der Waals surface area contributed by atoms with Crippen LogP contribution in [0.25, 0.3) is 0 Å². The van der Waals surface area contributed by atoms with Crippen LogP contribution in [0.15, 0.2) is 158 Å². The van der Waals surface area contributed by atoms with Gasteiger partial charge >= 0.3 is 13.8 Å². The van der Waals surface area contributed by atoms with E-state index < -0.39 is 20.0 Å². The molecule has 0 aliphatic heterocycles. The maximum Gasteiger partial charge on any atom is 0.472 e. The van der Waals surface area contributed by atoms with E-state index in [9.17, 15) is 19.0 Å². The van der Waals surface area contributed by atoms with E-state index in [-0.39, 0.29) is 37.9 Å². The Morgan fingerprint density at radius 1 is 0.434 bits per heavy atom. The quantitative estimate of drug-likeness (QED) is 0.0205. The topological polar surface area (TPSA) is 111 Å². The molecule has 9 nitrogen and oxygen atoms in total. The molecule has 0 heterocycles. The molecule has 2 N–H and O–H groups in total. The maximum absolute atomic E-state index is 13.6. The largest absolute Gasteiger partial charge is 0.472 e.